The van der Waals surface area contributed by atoms with Gasteiger partial charge in [-0.25, -0.2) is 9.59 Å². The van der Waals surface area contributed by atoms with E-state index in [-0.39, 0.29) is 37.7 Å². The fraction of sp³-hybridized carbons (Fsp3) is 0.486. The molecule has 2 fully saturated rings. The minimum Gasteiger partial charge on any atom is -0.462 e. The Morgan fingerprint density at radius 2 is 1.67 bits per heavy atom. The average molecular weight is 687 g/mol. The van der Waals surface area contributed by atoms with Crippen LogP contribution in [0.4, 0.5) is 32.4 Å². The highest BCUT2D eigenvalue weighted by Crippen LogP contribution is 2.70. The zero-order chi connectivity index (χ0) is 35.4. The van der Waals surface area contributed by atoms with Crippen LogP contribution in [0.1, 0.15) is 86.2 Å². The Morgan fingerprint density at radius 1 is 0.980 bits per heavy atom. The van der Waals surface area contributed by atoms with Gasteiger partial charge in [-0.3, -0.25) is 4.79 Å². The Bertz CT molecular complexity index is 1700. The SMILES string of the molecule is CCOC(=O)c1ccc(NC(=O)NCc2ccc([C@H]3C[C@@]4(C)[C@@H](CC[C@@]4(O)C(F)(F)C(F)(F)F)[C@@H]4CCC5=CC(=O)CCC5=C43)cc2)cc1. The molecule has 12 heteroatoms. The molecule has 2 aromatic carbocycles. The smallest absolute Gasteiger partial charge is 0.456 e. The van der Waals surface area contributed by atoms with E-state index >= 15 is 8.78 Å². The molecule has 0 saturated heterocycles. The lowest BCUT2D eigenvalue weighted by atomic mass is 9.50. The molecule has 7 nitrogen and oxygen atoms in total. The number of rotatable bonds is 7. The number of halogens is 5. The minimum absolute atomic E-state index is 0.0182. The highest BCUT2D eigenvalue weighted by atomic mass is 19.4. The van der Waals surface area contributed by atoms with Crippen molar-refractivity contribution < 1.29 is 46.2 Å². The summed E-state index contributed by atoms with van der Waals surface area (Å²) in [5, 5.41) is 16.9. The molecule has 0 aliphatic heterocycles. The van der Waals surface area contributed by atoms with Crippen molar-refractivity contribution in [2.45, 2.75) is 89.0 Å². The first-order chi connectivity index (χ1) is 23.1. The second-order valence-electron chi connectivity index (χ2n) is 13.8. The Kier molecular flexibility index (Phi) is 9.00. The molecule has 0 spiro atoms. The molecule has 6 rings (SSSR count). The van der Waals surface area contributed by atoms with Crippen LogP contribution in [0.15, 0.2) is 71.3 Å². The molecule has 0 unspecified atom stereocenters. The van der Waals surface area contributed by atoms with Gasteiger partial charge in [0.2, 0.25) is 0 Å². The lowest BCUT2D eigenvalue weighted by Crippen LogP contribution is -2.65. The number of ether oxygens (including phenoxy) is 1. The largest absolute Gasteiger partial charge is 0.462 e. The van der Waals surface area contributed by atoms with Gasteiger partial charge < -0.3 is 20.5 Å². The maximum Gasteiger partial charge on any atom is 0.456 e. The topological polar surface area (TPSA) is 105 Å². The summed E-state index contributed by atoms with van der Waals surface area (Å²) in [5.74, 6) is -7.18. The molecule has 2 aromatic rings. The van der Waals surface area contributed by atoms with E-state index in [0.717, 1.165) is 22.3 Å². The molecular formula is C37H39F5N2O5. The molecule has 4 aliphatic carbocycles. The Hall–Kier alpha value is -4.06. The molecule has 262 valence electrons. The van der Waals surface area contributed by atoms with Crippen LogP contribution in [0.3, 0.4) is 0 Å². The first kappa shape index (κ1) is 34.8. The molecule has 49 heavy (non-hydrogen) atoms. The van der Waals surface area contributed by atoms with E-state index in [9.17, 15) is 32.7 Å². The lowest BCUT2D eigenvalue weighted by Gasteiger charge is -2.56. The molecule has 0 bridgehead atoms. The van der Waals surface area contributed by atoms with Crippen molar-refractivity contribution in [1.29, 1.82) is 0 Å². The normalized spacial score (nSPS) is 28.2. The van der Waals surface area contributed by atoms with Crippen LogP contribution in [0.5, 0.6) is 0 Å². The number of amides is 2. The number of fused-ring (bicyclic) bond motifs is 4. The number of anilines is 1. The summed E-state index contributed by atoms with van der Waals surface area (Å²) < 4.78 is 76.9. The predicted octanol–water partition coefficient (Wildman–Crippen LogP) is 8.01. The van der Waals surface area contributed by atoms with E-state index in [0.29, 0.717) is 42.5 Å². The van der Waals surface area contributed by atoms with E-state index in [1.807, 2.05) is 0 Å². The highest BCUT2D eigenvalue weighted by molar-refractivity contribution is 5.93. The van der Waals surface area contributed by atoms with Crippen LogP contribution in [0, 0.1) is 17.3 Å². The van der Waals surface area contributed by atoms with Crippen molar-refractivity contribution in [1.82, 2.24) is 5.32 Å². The van der Waals surface area contributed by atoms with Crippen molar-refractivity contribution in [2.75, 3.05) is 11.9 Å². The number of nitrogens with one attached hydrogen (secondary N) is 2. The molecule has 0 heterocycles. The highest BCUT2D eigenvalue weighted by Gasteiger charge is 2.79. The number of benzene rings is 2. The van der Waals surface area contributed by atoms with Crippen molar-refractivity contribution in [3.8, 4) is 0 Å². The number of aliphatic hydroxyl groups is 1. The van der Waals surface area contributed by atoms with Gasteiger partial charge in [0.25, 0.3) is 0 Å². The van der Waals surface area contributed by atoms with Crippen LogP contribution in [0.25, 0.3) is 0 Å². The van der Waals surface area contributed by atoms with Gasteiger partial charge in [-0.05, 0) is 110 Å². The van der Waals surface area contributed by atoms with E-state index in [1.165, 1.54) is 19.1 Å². The van der Waals surface area contributed by atoms with E-state index in [2.05, 4.69) is 10.6 Å². The monoisotopic (exact) mass is 686 g/mol. The van der Waals surface area contributed by atoms with Gasteiger partial charge in [-0.15, -0.1) is 0 Å². The second-order valence-corrected chi connectivity index (χ2v) is 13.8. The Morgan fingerprint density at radius 3 is 2.33 bits per heavy atom. The van der Waals surface area contributed by atoms with Gasteiger partial charge in [0.15, 0.2) is 5.78 Å². The van der Waals surface area contributed by atoms with Gasteiger partial charge in [0, 0.05) is 30.0 Å². The summed E-state index contributed by atoms with van der Waals surface area (Å²) in [5.41, 5.74) is 0.141. The molecule has 3 N–H and O–H groups in total. The summed E-state index contributed by atoms with van der Waals surface area (Å²) >= 11 is 0. The Labute approximate surface area is 281 Å². The standard InChI is InChI=1S/C37H39F5N2O5/c1-3-49-32(46)23-8-11-25(12-9-23)44-33(47)43-20-21-4-6-22(7-5-21)29-19-34(2)30(16-17-35(34,48)36(38,39)37(40,41)42)28-14-10-24-18-26(45)13-15-27(24)31(28)29/h4-9,11-12,18,28-30,48H,3,10,13-17,19-20H2,1-2H3,(H2,43,44,47)/t28-,29+,30-,34-,35-/m0/s1. The van der Waals surface area contributed by atoms with Gasteiger partial charge in [0.1, 0.15) is 5.60 Å². The average Bonchev–Trinajstić information content (AvgIpc) is 3.34. The van der Waals surface area contributed by atoms with Crippen molar-refractivity contribution in [3.63, 3.8) is 0 Å². The predicted molar refractivity (Wildman–Crippen MR) is 171 cm³/mol. The van der Waals surface area contributed by atoms with Crippen LogP contribution < -0.4 is 10.6 Å². The summed E-state index contributed by atoms with van der Waals surface area (Å²) in [7, 11) is 0. The van der Waals surface area contributed by atoms with E-state index in [1.54, 1.807) is 49.4 Å². The molecule has 5 atom stereocenters. The van der Waals surface area contributed by atoms with Crippen molar-refractivity contribution in [3.05, 3.63) is 88.0 Å². The number of carbonyl (C=O) groups excluding carboxylic acids is 3. The fourth-order valence-electron chi connectivity index (χ4n) is 8.84. The number of ketones is 1. The molecule has 2 amide bonds. The fourth-order valence-corrected chi connectivity index (χ4v) is 8.84. The number of allylic oxidation sites excluding steroid dienone is 4. The molecule has 4 aliphatic rings. The third kappa shape index (κ3) is 5.95. The Balaban J connectivity index is 1.25. The first-order valence-electron chi connectivity index (χ1n) is 16.6. The second kappa shape index (κ2) is 12.7. The van der Waals surface area contributed by atoms with E-state index < -0.39 is 53.4 Å². The van der Waals surface area contributed by atoms with Crippen molar-refractivity contribution in [2.24, 2.45) is 17.3 Å². The quantitative estimate of drug-likeness (QED) is 0.202. The summed E-state index contributed by atoms with van der Waals surface area (Å²) in [4.78, 5) is 36.7. The van der Waals surface area contributed by atoms with Gasteiger partial charge >= 0.3 is 24.1 Å². The number of carbonyl (C=O) groups is 3. The summed E-state index contributed by atoms with van der Waals surface area (Å²) in [6, 6.07) is 12.9. The van der Waals surface area contributed by atoms with Crippen LogP contribution in [0.2, 0.25) is 0 Å². The minimum atomic E-state index is -5.91. The molecule has 0 radical (unpaired) electrons. The molecule has 2 saturated carbocycles. The third-order valence-corrected chi connectivity index (χ3v) is 11.3. The number of hydrogen-bond acceptors (Lipinski definition) is 5. The van der Waals surface area contributed by atoms with Crippen molar-refractivity contribution >= 4 is 23.5 Å². The third-order valence-electron chi connectivity index (χ3n) is 11.3. The lowest BCUT2D eigenvalue weighted by molar-refractivity contribution is -0.362. The number of urea groups is 1. The maximum atomic E-state index is 15.2. The van der Waals surface area contributed by atoms with Crippen LogP contribution in [-0.2, 0) is 16.1 Å². The van der Waals surface area contributed by atoms with Gasteiger partial charge in [-0.2, -0.15) is 22.0 Å². The summed E-state index contributed by atoms with van der Waals surface area (Å²) in [6.45, 7) is 3.48. The van der Waals surface area contributed by atoms with Gasteiger partial charge in [0.05, 0.1) is 12.2 Å². The molecular weight excluding hydrogens is 647 g/mol. The maximum absolute atomic E-state index is 15.2. The number of esters is 1. The first-order valence-corrected chi connectivity index (χ1v) is 16.6. The summed E-state index contributed by atoms with van der Waals surface area (Å²) in [6.07, 6.45) is -3.15. The van der Waals surface area contributed by atoms with E-state index in [4.69, 9.17) is 4.74 Å². The molecule has 0 aromatic heterocycles. The zero-order valence-corrected chi connectivity index (χ0v) is 27.3. The number of alkyl halides is 5. The van der Waals surface area contributed by atoms with Crippen LogP contribution >= 0.6 is 0 Å². The van der Waals surface area contributed by atoms with Crippen LogP contribution in [-0.4, -0.2) is 47.2 Å². The zero-order valence-electron chi connectivity index (χ0n) is 27.3. The van der Waals surface area contributed by atoms with Gasteiger partial charge in [-0.1, -0.05) is 36.8 Å². The number of hydrogen-bond donors (Lipinski definition) is 3.